The second-order valence-electron chi connectivity index (χ2n) is 6.57. The van der Waals surface area contributed by atoms with Gasteiger partial charge in [0.25, 0.3) is 0 Å². The topological polar surface area (TPSA) is 68.5 Å². The molecule has 0 fully saturated rings. The molecule has 0 amide bonds. The van der Waals surface area contributed by atoms with Crippen molar-refractivity contribution in [3.8, 4) is 11.5 Å². The standard InChI is InChI=1S/C21H23N3O3/c25-19-14-27-20-7-2-1-6-18(20)21(19)23-13-16-4-3-5-17(12-16)26-11-10-24-9-8-22-15-24/h1-9,12,15,19,21,23,25H,10-11,13-14H2/t19-,21+/m1/s1. The van der Waals surface area contributed by atoms with E-state index in [4.69, 9.17) is 9.47 Å². The number of aromatic nitrogens is 2. The van der Waals surface area contributed by atoms with Crippen LogP contribution in [0.15, 0.2) is 67.3 Å². The molecule has 0 unspecified atom stereocenters. The average Bonchev–Trinajstić information content (AvgIpc) is 3.21. The fourth-order valence-corrected chi connectivity index (χ4v) is 3.25. The van der Waals surface area contributed by atoms with Crippen LogP contribution in [0.2, 0.25) is 0 Å². The second-order valence-corrected chi connectivity index (χ2v) is 6.57. The van der Waals surface area contributed by atoms with Crippen LogP contribution in [0.1, 0.15) is 17.2 Å². The minimum Gasteiger partial charge on any atom is -0.492 e. The van der Waals surface area contributed by atoms with E-state index in [1.54, 1.807) is 12.5 Å². The number of hydrogen-bond acceptors (Lipinski definition) is 5. The zero-order valence-electron chi connectivity index (χ0n) is 15.0. The number of hydrogen-bond donors (Lipinski definition) is 2. The zero-order chi connectivity index (χ0) is 18.5. The van der Waals surface area contributed by atoms with Gasteiger partial charge in [-0.25, -0.2) is 4.98 Å². The van der Waals surface area contributed by atoms with Gasteiger partial charge in [0.1, 0.15) is 30.8 Å². The molecule has 27 heavy (non-hydrogen) atoms. The molecule has 0 bridgehead atoms. The predicted octanol–water partition coefficient (Wildman–Crippen LogP) is 2.55. The molecule has 0 radical (unpaired) electrons. The maximum absolute atomic E-state index is 10.3. The van der Waals surface area contributed by atoms with Crippen molar-refractivity contribution < 1.29 is 14.6 Å². The Labute approximate surface area is 158 Å². The highest BCUT2D eigenvalue weighted by atomic mass is 16.5. The highest BCUT2D eigenvalue weighted by Gasteiger charge is 2.28. The van der Waals surface area contributed by atoms with Crippen molar-refractivity contribution in [2.45, 2.75) is 25.2 Å². The molecule has 1 aliphatic rings. The summed E-state index contributed by atoms with van der Waals surface area (Å²) in [7, 11) is 0. The molecule has 0 spiro atoms. The van der Waals surface area contributed by atoms with Crippen LogP contribution in [0.4, 0.5) is 0 Å². The Morgan fingerprint density at radius 1 is 1.22 bits per heavy atom. The first-order chi connectivity index (χ1) is 13.3. The minimum atomic E-state index is -0.575. The highest BCUT2D eigenvalue weighted by molar-refractivity contribution is 5.38. The van der Waals surface area contributed by atoms with Crippen molar-refractivity contribution in [2.24, 2.45) is 0 Å². The smallest absolute Gasteiger partial charge is 0.124 e. The lowest BCUT2D eigenvalue weighted by Gasteiger charge is -2.31. The lowest BCUT2D eigenvalue weighted by atomic mass is 9.98. The molecule has 0 aliphatic carbocycles. The molecular weight excluding hydrogens is 342 g/mol. The van der Waals surface area contributed by atoms with Gasteiger partial charge in [-0.2, -0.15) is 0 Å². The monoisotopic (exact) mass is 365 g/mol. The van der Waals surface area contributed by atoms with E-state index in [1.807, 2.05) is 59.3 Å². The van der Waals surface area contributed by atoms with Crippen molar-refractivity contribution in [1.82, 2.24) is 14.9 Å². The lowest BCUT2D eigenvalue weighted by molar-refractivity contribution is 0.0544. The van der Waals surface area contributed by atoms with Crippen LogP contribution in [-0.2, 0) is 13.1 Å². The van der Waals surface area contributed by atoms with Crippen molar-refractivity contribution >= 4 is 0 Å². The first-order valence-corrected chi connectivity index (χ1v) is 9.10. The van der Waals surface area contributed by atoms with E-state index in [2.05, 4.69) is 10.3 Å². The van der Waals surface area contributed by atoms with Crippen molar-refractivity contribution in [1.29, 1.82) is 0 Å². The third-order valence-electron chi connectivity index (χ3n) is 4.65. The summed E-state index contributed by atoms with van der Waals surface area (Å²) in [6.07, 6.45) is 4.88. The van der Waals surface area contributed by atoms with E-state index in [1.165, 1.54) is 0 Å². The number of aliphatic hydroxyl groups is 1. The fourth-order valence-electron chi connectivity index (χ4n) is 3.25. The van der Waals surface area contributed by atoms with E-state index in [9.17, 15) is 5.11 Å². The normalized spacial score (nSPS) is 18.6. The van der Waals surface area contributed by atoms with Crippen LogP contribution >= 0.6 is 0 Å². The molecule has 2 heterocycles. The van der Waals surface area contributed by atoms with Gasteiger partial charge in [0.05, 0.1) is 18.9 Å². The van der Waals surface area contributed by atoms with E-state index < -0.39 is 6.10 Å². The number of nitrogens with one attached hydrogen (secondary N) is 1. The molecule has 2 N–H and O–H groups in total. The third kappa shape index (κ3) is 4.30. The maximum Gasteiger partial charge on any atom is 0.124 e. The van der Waals surface area contributed by atoms with Gasteiger partial charge in [-0.3, -0.25) is 0 Å². The van der Waals surface area contributed by atoms with Gasteiger partial charge in [-0.1, -0.05) is 30.3 Å². The highest BCUT2D eigenvalue weighted by Crippen LogP contribution is 2.32. The van der Waals surface area contributed by atoms with Crippen LogP contribution < -0.4 is 14.8 Å². The van der Waals surface area contributed by atoms with Crippen LogP contribution in [-0.4, -0.2) is 34.0 Å². The Balaban J connectivity index is 1.36. The molecule has 0 saturated carbocycles. The molecule has 0 saturated heterocycles. The van der Waals surface area contributed by atoms with E-state index in [0.29, 0.717) is 19.8 Å². The summed E-state index contributed by atoms with van der Waals surface area (Å²) < 4.78 is 13.4. The van der Waals surface area contributed by atoms with Crippen LogP contribution in [0.5, 0.6) is 11.5 Å². The first-order valence-electron chi connectivity index (χ1n) is 9.10. The minimum absolute atomic E-state index is 0.152. The molecule has 4 rings (SSSR count). The van der Waals surface area contributed by atoms with Gasteiger partial charge in [0.2, 0.25) is 0 Å². The molecule has 6 nitrogen and oxygen atoms in total. The number of fused-ring (bicyclic) bond motifs is 1. The van der Waals surface area contributed by atoms with Gasteiger partial charge < -0.3 is 24.5 Å². The lowest BCUT2D eigenvalue weighted by Crippen LogP contribution is -2.39. The second kappa shape index (κ2) is 8.24. The Morgan fingerprint density at radius 2 is 2.15 bits per heavy atom. The van der Waals surface area contributed by atoms with Crippen molar-refractivity contribution in [3.05, 3.63) is 78.4 Å². The van der Waals surface area contributed by atoms with E-state index in [0.717, 1.165) is 29.2 Å². The maximum atomic E-state index is 10.3. The number of imidazole rings is 1. The average molecular weight is 365 g/mol. The molecule has 2 aromatic carbocycles. The van der Waals surface area contributed by atoms with Gasteiger partial charge >= 0.3 is 0 Å². The van der Waals surface area contributed by atoms with Gasteiger partial charge in [-0.05, 0) is 23.8 Å². The summed E-state index contributed by atoms with van der Waals surface area (Å²) >= 11 is 0. The quantitative estimate of drug-likeness (QED) is 0.673. The number of para-hydroxylation sites is 1. The summed E-state index contributed by atoms with van der Waals surface area (Å²) in [6, 6.07) is 15.7. The number of nitrogens with zero attached hydrogens (tertiary/aromatic N) is 2. The molecule has 3 aromatic rings. The molecule has 140 valence electrons. The van der Waals surface area contributed by atoms with Crippen molar-refractivity contribution in [3.63, 3.8) is 0 Å². The van der Waals surface area contributed by atoms with Crippen LogP contribution in [0.3, 0.4) is 0 Å². The summed E-state index contributed by atoms with van der Waals surface area (Å²) in [5.41, 5.74) is 2.09. The Morgan fingerprint density at radius 3 is 3.04 bits per heavy atom. The largest absolute Gasteiger partial charge is 0.492 e. The summed E-state index contributed by atoms with van der Waals surface area (Å²) in [4.78, 5) is 4.02. The van der Waals surface area contributed by atoms with E-state index >= 15 is 0 Å². The van der Waals surface area contributed by atoms with Gasteiger partial charge in [0.15, 0.2) is 0 Å². The van der Waals surface area contributed by atoms with Crippen molar-refractivity contribution in [2.75, 3.05) is 13.2 Å². The van der Waals surface area contributed by atoms with Gasteiger partial charge in [0, 0.05) is 24.5 Å². The number of aliphatic hydroxyl groups excluding tert-OH is 1. The molecular formula is C21H23N3O3. The molecule has 1 aromatic heterocycles. The summed E-state index contributed by atoms with van der Waals surface area (Å²) in [5, 5.41) is 13.8. The molecule has 6 heteroatoms. The van der Waals surface area contributed by atoms with E-state index in [-0.39, 0.29) is 6.04 Å². The SMILES string of the molecule is O[C@@H]1COc2ccccc2[C@@H]1NCc1cccc(OCCn2ccnc2)c1. The Bertz CT molecular complexity index is 867. The number of ether oxygens (including phenoxy) is 2. The van der Waals surface area contributed by atoms with Gasteiger partial charge in [-0.15, -0.1) is 0 Å². The zero-order valence-corrected chi connectivity index (χ0v) is 15.0. The summed E-state index contributed by atoms with van der Waals surface area (Å²) in [5.74, 6) is 1.67. The fraction of sp³-hybridized carbons (Fsp3) is 0.286. The Kier molecular flexibility index (Phi) is 5.37. The molecule has 2 atom stereocenters. The van der Waals surface area contributed by atoms with Crippen LogP contribution in [0.25, 0.3) is 0 Å². The molecule has 1 aliphatic heterocycles. The van der Waals surface area contributed by atoms with Crippen LogP contribution in [0, 0.1) is 0 Å². The first kappa shape index (κ1) is 17.6. The summed E-state index contributed by atoms with van der Waals surface area (Å²) in [6.45, 7) is 2.27. The number of rotatable bonds is 7. The Hall–Kier alpha value is -2.83. The number of benzene rings is 2. The predicted molar refractivity (Wildman–Crippen MR) is 102 cm³/mol. The third-order valence-corrected chi connectivity index (χ3v) is 4.65.